The summed E-state index contributed by atoms with van der Waals surface area (Å²) in [4.78, 5) is 7.67. The molecule has 0 atom stereocenters. The molecule has 0 aliphatic heterocycles. The van der Waals surface area contributed by atoms with E-state index in [1.165, 1.54) is 13.3 Å². The van der Waals surface area contributed by atoms with Crippen LogP contribution in [0.1, 0.15) is 0 Å². The van der Waals surface area contributed by atoms with E-state index in [1.807, 2.05) is 0 Å². The molecule has 0 fully saturated rings. The first kappa shape index (κ1) is 9.11. The van der Waals surface area contributed by atoms with Crippen LogP contribution in [0.15, 0.2) is 28.4 Å². The van der Waals surface area contributed by atoms with Crippen LogP contribution in [-0.4, -0.2) is 18.1 Å². The van der Waals surface area contributed by atoms with Gasteiger partial charge in [0.25, 0.3) is 0 Å². The van der Waals surface area contributed by atoms with Crippen LogP contribution in [0.2, 0.25) is 0 Å². The lowest BCUT2D eigenvalue weighted by molar-refractivity contribution is 0.398. The second kappa shape index (κ2) is 4.15. The summed E-state index contributed by atoms with van der Waals surface area (Å²) in [6, 6.07) is 3.32. The highest BCUT2D eigenvalue weighted by Gasteiger charge is 1.93. The molecule has 1 rings (SSSR count). The lowest BCUT2D eigenvalue weighted by atomic mass is 10.4. The molecule has 6 heteroatoms. The van der Waals surface area contributed by atoms with Gasteiger partial charge in [0.1, 0.15) is 0 Å². The Balaban J connectivity index is 2.86. The number of hydrogen-bond acceptors (Lipinski definition) is 4. The van der Waals surface area contributed by atoms with Crippen molar-refractivity contribution in [2.45, 2.75) is 0 Å². The van der Waals surface area contributed by atoms with Crippen molar-refractivity contribution < 1.29 is 4.74 Å². The topological polar surface area (TPSA) is 96.7 Å². The van der Waals surface area contributed by atoms with E-state index in [4.69, 9.17) is 16.0 Å². The molecule has 0 aliphatic rings. The van der Waals surface area contributed by atoms with E-state index in [9.17, 15) is 0 Å². The molecule has 0 amide bonds. The van der Waals surface area contributed by atoms with E-state index in [1.54, 1.807) is 12.1 Å². The Hall–Kier alpha value is -1.98. The molecule has 68 valence electrons. The van der Waals surface area contributed by atoms with Gasteiger partial charge in [-0.1, -0.05) is 0 Å². The third-order valence-corrected chi connectivity index (χ3v) is 1.29. The molecule has 0 aromatic carbocycles. The molecule has 0 unspecified atom stereocenters. The largest absolute Gasteiger partial charge is 0.481 e. The SMILES string of the molecule is COc1ccc(N=C(N)N=N)cn1. The van der Waals surface area contributed by atoms with Crippen LogP contribution >= 0.6 is 0 Å². The van der Waals surface area contributed by atoms with Gasteiger partial charge >= 0.3 is 0 Å². The normalized spacial score (nSPS) is 11.0. The number of rotatable bonds is 2. The molecule has 1 heterocycles. The summed E-state index contributed by atoms with van der Waals surface area (Å²) in [5, 5.41) is 2.95. The number of ether oxygens (including phenoxy) is 1. The summed E-state index contributed by atoms with van der Waals surface area (Å²) in [7, 11) is 1.53. The molecule has 1 aromatic heterocycles. The predicted molar refractivity (Wildman–Crippen MR) is 47.2 cm³/mol. The van der Waals surface area contributed by atoms with E-state index in [-0.39, 0.29) is 5.96 Å². The maximum absolute atomic E-state index is 6.56. The van der Waals surface area contributed by atoms with Gasteiger partial charge in [0.05, 0.1) is 19.0 Å². The van der Waals surface area contributed by atoms with Gasteiger partial charge in [-0.25, -0.2) is 15.5 Å². The minimum absolute atomic E-state index is 0.105. The van der Waals surface area contributed by atoms with E-state index < -0.39 is 0 Å². The van der Waals surface area contributed by atoms with Gasteiger partial charge in [-0.15, -0.1) is 5.11 Å². The third-order valence-electron chi connectivity index (χ3n) is 1.29. The lowest BCUT2D eigenvalue weighted by Gasteiger charge is -1.97. The minimum Gasteiger partial charge on any atom is -0.481 e. The fraction of sp³-hybridized carbons (Fsp3) is 0.143. The number of aliphatic imine (C=N–C) groups is 1. The summed E-state index contributed by atoms with van der Waals surface area (Å²) < 4.78 is 4.85. The molecule has 0 spiro atoms. The van der Waals surface area contributed by atoms with Gasteiger partial charge in [-0.05, 0) is 6.07 Å². The van der Waals surface area contributed by atoms with Crippen molar-refractivity contribution in [3.8, 4) is 5.88 Å². The maximum atomic E-state index is 6.56. The van der Waals surface area contributed by atoms with Gasteiger partial charge in [-0.2, -0.15) is 0 Å². The first-order valence-corrected chi connectivity index (χ1v) is 3.48. The molecule has 3 N–H and O–H groups in total. The monoisotopic (exact) mass is 179 g/mol. The van der Waals surface area contributed by atoms with Gasteiger partial charge in [0, 0.05) is 6.07 Å². The van der Waals surface area contributed by atoms with Crippen molar-refractivity contribution in [2.24, 2.45) is 15.8 Å². The van der Waals surface area contributed by atoms with Crippen LogP contribution in [0.3, 0.4) is 0 Å². The van der Waals surface area contributed by atoms with Crippen LogP contribution in [0, 0.1) is 5.53 Å². The summed E-state index contributed by atoms with van der Waals surface area (Å²) in [5.41, 5.74) is 12.3. The van der Waals surface area contributed by atoms with E-state index >= 15 is 0 Å². The average molecular weight is 179 g/mol. The summed E-state index contributed by atoms with van der Waals surface area (Å²) in [6.45, 7) is 0. The minimum atomic E-state index is -0.105. The van der Waals surface area contributed by atoms with Gasteiger partial charge in [0.2, 0.25) is 11.8 Å². The first-order chi connectivity index (χ1) is 6.26. The highest BCUT2D eigenvalue weighted by Crippen LogP contribution is 2.13. The van der Waals surface area contributed by atoms with Crippen molar-refractivity contribution in [1.29, 1.82) is 5.53 Å². The Labute approximate surface area is 75.0 Å². The molecule has 6 nitrogen and oxygen atoms in total. The van der Waals surface area contributed by atoms with E-state index in [0.717, 1.165) is 0 Å². The zero-order chi connectivity index (χ0) is 9.68. The Morgan fingerprint density at radius 1 is 1.62 bits per heavy atom. The number of aromatic nitrogens is 1. The number of nitrogens with one attached hydrogen (secondary N) is 1. The number of methoxy groups -OCH3 is 1. The number of guanidine groups is 1. The second-order valence-corrected chi connectivity index (χ2v) is 2.14. The lowest BCUT2D eigenvalue weighted by Crippen LogP contribution is -2.05. The zero-order valence-corrected chi connectivity index (χ0v) is 7.06. The van der Waals surface area contributed by atoms with Crippen LogP contribution in [0.25, 0.3) is 0 Å². The first-order valence-electron chi connectivity index (χ1n) is 3.48. The zero-order valence-electron chi connectivity index (χ0n) is 7.06. The Morgan fingerprint density at radius 2 is 2.38 bits per heavy atom. The summed E-state index contributed by atoms with van der Waals surface area (Å²) in [6.07, 6.45) is 1.48. The Bertz CT molecular complexity index is 318. The molecule has 1 aromatic rings. The quantitative estimate of drug-likeness (QED) is 0.403. The molecular weight excluding hydrogens is 170 g/mol. The molecule has 0 bridgehead atoms. The van der Waals surface area contributed by atoms with Gasteiger partial charge < -0.3 is 10.5 Å². The smallest absolute Gasteiger partial charge is 0.239 e. The van der Waals surface area contributed by atoms with Crippen LogP contribution in [0.4, 0.5) is 5.69 Å². The highest BCUT2D eigenvalue weighted by molar-refractivity contribution is 5.80. The molecule has 0 saturated heterocycles. The third kappa shape index (κ3) is 2.51. The van der Waals surface area contributed by atoms with Crippen molar-refractivity contribution in [3.63, 3.8) is 0 Å². The van der Waals surface area contributed by atoms with E-state index in [0.29, 0.717) is 11.6 Å². The van der Waals surface area contributed by atoms with Crippen LogP contribution in [0.5, 0.6) is 5.88 Å². The van der Waals surface area contributed by atoms with Crippen molar-refractivity contribution in [3.05, 3.63) is 18.3 Å². The molecule has 0 aliphatic carbocycles. The van der Waals surface area contributed by atoms with Crippen molar-refractivity contribution in [2.75, 3.05) is 7.11 Å². The van der Waals surface area contributed by atoms with Crippen molar-refractivity contribution in [1.82, 2.24) is 4.98 Å². The standard InChI is InChI=1S/C7H9N5O/c1-13-6-3-2-5(4-10-6)11-7(8)12-9/h2-4,9H,1H3,(H2,8,11). The fourth-order valence-corrected chi connectivity index (χ4v) is 0.717. The van der Waals surface area contributed by atoms with Gasteiger partial charge in [-0.3, -0.25) is 0 Å². The van der Waals surface area contributed by atoms with Crippen molar-refractivity contribution >= 4 is 11.6 Å². The number of nitrogens with two attached hydrogens (primary N) is 1. The maximum Gasteiger partial charge on any atom is 0.239 e. The summed E-state index contributed by atoms with van der Waals surface area (Å²) >= 11 is 0. The predicted octanol–water partition coefficient (Wildman–Crippen LogP) is 1.07. The molecule has 0 radical (unpaired) electrons. The van der Waals surface area contributed by atoms with Crippen LogP contribution < -0.4 is 10.5 Å². The Kier molecular flexibility index (Phi) is 2.91. The Morgan fingerprint density at radius 3 is 2.85 bits per heavy atom. The number of pyridine rings is 1. The van der Waals surface area contributed by atoms with E-state index in [2.05, 4.69) is 15.1 Å². The van der Waals surface area contributed by atoms with Crippen LogP contribution in [-0.2, 0) is 0 Å². The second-order valence-electron chi connectivity index (χ2n) is 2.14. The molecule has 0 saturated carbocycles. The molecular formula is C7H9N5O. The summed E-state index contributed by atoms with van der Waals surface area (Å²) in [5.74, 6) is 0.396. The highest BCUT2D eigenvalue weighted by atomic mass is 16.5. The fourth-order valence-electron chi connectivity index (χ4n) is 0.717. The molecule has 13 heavy (non-hydrogen) atoms. The number of hydrogen-bond donors (Lipinski definition) is 2. The number of nitrogens with zero attached hydrogens (tertiary/aromatic N) is 3. The van der Waals surface area contributed by atoms with Gasteiger partial charge in [0.15, 0.2) is 0 Å². The average Bonchev–Trinajstić information content (AvgIpc) is 2.19.